The van der Waals surface area contributed by atoms with Gasteiger partial charge in [-0.3, -0.25) is 9.59 Å². The number of fused-ring (bicyclic) bond motifs is 1. The van der Waals surface area contributed by atoms with Gasteiger partial charge in [0.2, 0.25) is 5.91 Å². The van der Waals surface area contributed by atoms with Gasteiger partial charge in [-0.15, -0.1) is 0 Å². The third-order valence-electron chi connectivity index (χ3n) is 4.02. The SMILES string of the molecule is CCSc1nc2c(c(=O)[nH]1)[C@H](c1cc(C)ccc1C)CC(=O)N2. The molecule has 0 saturated heterocycles. The number of nitrogens with one attached hydrogen (secondary N) is 2. The molecule has 1 aromatic carbocycles. The number of H-pyrrole nitrogens is 1. The molecule has 1 aliphatic rings. The van der Waals surface area contributed by atoms with Crippen molar-refractivity contribution in [1.82, 2.24) is 9.97 Å². The van der Waals surface area contributed by atoms with E-state index in [-0.39, 0.29) is 23.8 Å². The van der Waals surface area contributed by atoms with Gasteiger partial charge in [0.1, 0.15) is 5.82 Å². The molecule has 1 aromatic heterocycles. The van der Waals surface area contributed by atoms with E-state index in [2.05, 4.69) is 21.4 Å². The van der Waals surface area contributed by atoms with Gasteiger partial charge in [0.15, 0.2) is 5.16 Å². The molecule has 1 atom stereocenters. The summed E-state index contributed by atoms with van der Waals surface area (Å²) in [6.45, 7) is 6.00. The van der Waals surface area contributed by atoms with E-state index in [0.717, 1.165) is 22.4 Å². The molecule has 0 aliphatic carbocycles. The second kappa shape index (κ2) is 6.20. The van der Waals surface area contributed by atoms with Crippen LogP contribution in [0.25, 0.3) is 0 Å². The largest absolute Gasteiger partial charge is 0.310 e. The second-order valence-corrected chi connectivity index (χ2v) is 6.98. The molecule has 0 bridgehead atoms. The van der Waals surface area contributed by atoms with E-state index >= 15 is 0 Å². The number of carbonyl (C=O) groups is 1. The summed E-state index contributed by atoms with van der Waals surface area (Å²) in [7, 11) is 0. The number of aromatic amines is 1. The molecule has 2 N–H and O–H groups in total. The van der Waals surface area contributed by atoms with Crippen LogP contribution < -0.4 is 10.9 Å². The minimum atomic E-state index is -0.254. The Morgan fingerprint density at radius 2 is 2.09 bits per heavy atom. The predicted molar refractivity (Wildman–Crippen MR) is 92.3 cm³/mol. The second-order valence-electron chi connectivity index (χ2n) is 5.73. The molecule has 0 radical (unpaired) electrons. The first kappa shape index (κ1) is 15.8. The smallest absolute Gasteiger partial charge is 0.257 e. The molecule has 120 valence electrons. The Morgan fingerprint density at radius 1 is 1.30 bits per heavy atom. The van der Waals surface area contributed by atoms with Gasteiger partial charge in [-0.05, 0) is 30.7 Å². The lowest BCUT2D eigenvalue weighted by atomic mass is 9.84. The van der Waals surface area contributed by atoms with E-state index in [9.17, 15) is 9.59 Å². The molecule has 0 fully saturated rings. The summed E-state index contributed by atoms with van der Waals surface area (Å²) in [6.07, 6.45) is 0.266. The lowest BCUT2D eigenvalue weighted by molar-refractivity contribution is -0.116. The third-order valence-corrected chi connectivity index (χ3v) is 4.78. The van der Waals surface area contributed by atoms with Crippen molar-refractivity contribution in [2.24, 2.45) is 0 Å². The van der Waals surface area contributed by atoms with Crippen molar-refractivity contribution in [1.29, 1.82) is 0 Å². The van der Waals surface area contributed by atoms with Gasteiger partial charge in [0.05, 0.1) is 5.56 Å². The zero-order chi connectivity index (χ0) is 16.6. The number of aryl methyl sites for hydroxylation is 2. The summed E-state index contributed by atoms with van der Waals surface area (Å²) in [5.74, 6) is 0.840. The maximum atomic E-state index is 12.6. The van der Waals surface area contributed by atoms with E-state index in [1.165, 1.54) is 11.8 Å². The fourth-order valence-corrected chi connectivity index (χ4v) is 3.55. The number of carbonyl (C=O) groups excluding carboxylic acids is 1. The maximum Gasteiger partial charge on any atom is 0.257 e. The first-order valence-corrected chi connectivity index (χ1v) is 8.62. The van der Waals surface area contributed by atoms with Gasteiger partial charge >= 0.3 is 0 Å². The Hall–Kier alpha value is -2.08. The standard InChI is InChI=1S/C17H19N3O2S/c1-4-23-17-19-15-14(16(22)20-17)12(8-13(21)18-15)11-7-9(2)5-6-10(11)3/h5-7,12H,4,8H2,1-3H3,(H2,18,19,20,21,22)/t12-/m0/s1. The van der Waals surface area contributed by atoms with E-state index < -0.39 is 0 Å². The highest BCUT2D eigenvalue weighted by atomic mass is 32.2. The van der Waals surface area contributed by atoms with Crippen molar-refractivity contribution >= 4 is 23.5 Å². The van der Waals surface area contributed by atoms with Crippen molar-refractivity contribution in [2.75, 3.05) is 11.1 Å². The molecule has 0 unspecified atom stereocenters. The lowest BCUT2D eigenvalue weighted by Crippen LogP contribution is -2.31. The van der Waals surface area contributed by atoms with Crippen LogP contribution in [-0.4, -0.2) is 21.6 Å². The fourth-order valence-electron chi connectivity index (χ4n) is 2.96. The van der Waals surface area contributed by atoms with Crippen molar-refractivity contribution in [3.8, 4) is 0 Å². The minimum Gasteiger partial charge on any atom is -0.310 e. The fraction of sp³-hybridized carbons (Fsp3) is 0.353. The summed E-state index contributed by atoms with van der Waals surface area (Å²) in [6, 6.07) is 6.11. The van der Waals surface area contributed by atoms with E-state index in [1.807, 2.05) is 32.9 Å². The third kappa shape index (κ3) is 3.03. The minimum absolute atomic E-state index is 0.103. The van der Waals surface area contributed by atoms with Gasteiger partial charge in [0, 0.05) is 12.3 Å². The predicted octanol–water partition coefficient (Wildman–Crippen LogP) is 2.97. The number of anilines is 1. The van der Waals surface area contributed by atoms with Crippen LogP contribution in [0.3, 0.4) is 0 Å². The Morgan fingerprint density at radius 3 is 2.83 bits per heavy atom. The summed E-state index contributed by atoms with van der Waals surface area (Å²) in [5.41, 5.74) is 3.59. The van der Waals surface area contributed by atoms with Gasteiger partial charge in [-0.1, -0.05) is 42.4 Å². The number of thioether (sulfide) groups is 1. The van der Waals surface area contributed by atoms with Gasteiger partial charge in [-0.2, -0.15) is 0 Å². The van der Waals surface area contributed by atoms with Crippen LogP contribution in [0.1, 0.15) is 41.5 Å². The molecular weight excluding hydrogens is 310 g/mol. The zero-order valence-electron chi connectivity index (χ0n) is 13.4. The van der Waals surface area contributed by atoms with E-state index in [4.69, 9.17) is 0 Å². The average molecular weight is 329 g/mol. The van der Waals surface area contributed by atoms with Gasteiger partial charge in [-0.25, -0.2) is 4.98 Å². The van der Waals surface area contributed by atoms with Gasteiger partial charge < -0.3 is 10.3 Å². The Bertz CT molecular complexity index is 829. The molecule has 2 aromatic rings. The Labute approximate surface area is 138 Å². The number of nitrogens with zero attached hydrogens (tertiary/aromatic N) is 1. The van der Waals surface area contributed by atoms with E-state index in [1.54, 1.807) is 0 Å². The summed E-state index contributed by atoms with van der Waals surface area (Å²) in [5, 5.41) is 3.29. The highest BCUT2D eigenvalue weighted by molar-refractivity contribution is 7.99. The van der Waals surface area contributed by atoms with Gasteiger partial charge in [0.25, 0.3) is 5.56 Å². The van der Waals surface area contributed by atoms with Crippen LogP contribution in [0.5, 0.6) is 0 Å². The van der Waals surface area contributed by atoms with Crippen LogP contribution in [0, 0.1) is 13.8 Å². The lowest BCUT2D eigenvalue weighted by Gasteiger charge is -2.26. The number of rotatable bonds is 3. The van der Waals surface area contributed by atoms with Crippen LogP contribution in [0.2, 0.25) is 0 Å². The molecule has 23 heavy (non-hydrogen) atoms. The Kier molecular flexibility index (Phi) is 4.26. The Balaban J connectivity index is 2.17. The number of amides is 1. The van der Waals surface area contributed by atoms with Crippen molar-refractivity contribution in [3.63, 3.8) is 0 Å². The van der Waals surface area contributed by atoms with Crippen molar-refractivity contribution in [2.45, 2.75) is 38.3 Å². The molecule has 0 spiro atoms. The molecule has 0 saturated carbocycles. The summed E-state index contributed by atoms with van der Waals surface area (Å²) >= 11 is 1.45. The average Bonchev–Trinajstić information content (AvgIpc) is 2.48. The summed E-state index contributed by atoms with van der Waals surface area (Å²) in [4.78, 5) is 31.9. The summed E-state index contributed by atoms with van der Waals surface area (Å²) < 4.78 is 0. The highest BCUT2D eigenvalue weighted by Gasteiger charge is 2.31. The number of benzene rings is 1. The van der Waals surface area contributed by atoms with Crippen LogP contribution in [0.4, 0.5) is 5.82 Å². The number of hydrogen-bond acceptors (Lipinski definition) is 4. The molecular formula is C17H19N3O2S. The highest BCUT2D eigenvalue weighted by Crippen LogP contribution is 2.36. The monoisotopic (exact) mass is 329 g/mol. The topological polar surface area (TPSA) is 74.8 Å². The first-order valence-electron chi connectivity index (χ1n) is 7.63. The maximum absolute atomic E-state index is 12.6. The van der Waals surface area contributed by atoms with Crippen LogP contribution in [0.15, 0.2) is 28.2 Å². The molecule has 1 amide bonds. The molecule has 1 aliphatic heterocycles. The normalized spacial score (nSPS) is 16.8. The first-order chi connectivity index (χ1) is 11.0. The molecule has 5 nitrogen and oxygen atoms in total. The quantitative estimate of drug-likeness (QED) is 0.670. The van der Waals surface area contributed by atoms with E-state index in [0.29, 0.717) is 16.5 Å². The van der Waals surface area contributed by atoms with Crippen molar-refractivity contribution in [3.05, 3.63) is 50.8 Å². The van der Waals surface area contributed by atoms with Crippen molar-refractivity contribution < 1.29 is 4.79 Å². The molecule has 6 heteroatoms. The number of hydrogen-bond donors (Lipinski definition) is 2. The zero-order valence-corrected chi connectivity index (χ0v) is 14.2. The van der Waals surface area contributed by atoms with Crippen LogP contribution in [-0.2, 0) is 4.79 Å². The van der Waals surface area contributed by atoms with Crippen LogP contribution >= 0.6 is 11.8 Å². The number of aromatic nitrogens is 2. The molecule has 3 rings (SSSR count). The molecule has 2 heterocycles.